The van der Waals surface area contributed by atoms with Crippen molar-refractivity contribution in [2.45, 2.75) is 63.1 Å². The Labute approximate surface area is 190 Å². The van der Waals surface area contributed by atoms with Crippen LogP contribution in [0.15, 0.2) is 0 Å². The van der Waals surface area contributed by atoms with Crippen LogP contribution < -0.4 is 0 Å². The fourth-order valence-electron chi connectivity index (χ4n) is 3.73. The Balaban J connectivity index is 2.91. The molecule has 0 aromatic heterocycles. The second-order valence-electron chi connectivity index (χ2n) is 6.69. The molecule has 1 atom stereocenters. The van der Waals surface area contributed by atoms with Crippen LogP contribution >= 0.6 is 99.7 Å². The van der Waals surface area contributed by atoms with Gasteiger partial charge in [-0.2, -0.15) is 0 Å². The van der Waals surface area contributed by atoms with Gasteiger partial charge in [0, 0.05) is 0 Å². The van der Waals surface area contributed by atoms with Crippen molar-refractivity contribution in [3.05, 3.63) is 0 Å². The first-order chi connectivity index (χ1) is 10.7. The summed E-state index contributed by atoms with van der Waals surface area (Å²) in [6.45, 7) is 0. The Morgan fingerprint density at radius 1 is 0.667 bits per heavy atom. The standard InChI is InChI=1S/C12H21Cl9Si3/c13-22(14,15)8-4-11-3-1-2-5-12(11,6-9-23(16,17)18)7-10-24(19,20)21/h11H,1-10H2. The molecular weight excluding hydrogens is 547 g/mol. The lowest BCUT2D eigenvalue weighted by atomic mass is 9.62. The van der Waals surface area contributed by atoms with Crippen LogP contribution in [0.5, 0.6) is 0 Å². The van der Waals surface area contributed by atoms with E-state index in [1.807, 2.05) is 0 Å². The van der Waals surface area contributed by atoms with Gasteiger partial charge in [-0.3, -0.25) is 0 Å². The van der Waals surface area contributed by atoms with Crippen LogP contribution in [0.4, 0.5) is 0 Å². The summed E-state index contributed by atoms with van der Waals surface area (Å²) in [4.78, 5) is 0. The summed E-state index contributed by atoms with van der Waals surface area (Å²) in [7, 11) is 0. The summed E-state index contributed by atoms with van der Waals surface area (Å²) in [6.07, 6.45) is 7.13. The largest absolute Gasteiger partial charge is 0.341 e. The number of hydrogen-bond donors (Lipinski definition) is 0. The molecule has 1 unspecified atom stereocenters. The fourth-order valence-corrected chi connectivity index (χ4v) is 8.65. The van der Waals surface area contributed by atoms with E-state index in [9.17, 15) is 0 Å². The van der Waals surface area contributed by atoms with E-state index >= 15 is 0 Å². The van der Waals surface area contributed by atoms with Gasteiger partial charge in [-0.15, -0.1) is 99.7 Å². The van der Waals surface area contributed by atoms with E-state index in [1.165, 1.54) is 6.42 Å². The summed E-state index contributed by atoms with van der Waals surface area (Å²) < 4.78 is 0. The minimum atomic E-state index is -2.69. The first-order valence-electron chi connectivity index (χ1n) is 7.93. The second-order valence-corrected chi connectivity index (χ2v) is 34.5. The Hall–Kier alpha value is 3.26. The zero-order valence-electron chi connectivity index (χ0n) is 13.1. The maximum absolute atomic E-state index is 6.15. The monoisotopic (exact) mass is 564 g/mol. The van der Waals surface area contributed by atoms with Crippen LogP contribution in [0.2, 0.25) is 18.1 Å². The zero-order chi connectivity index (χ0) is 18.6. The van der Waals surface area contributed by atoms with Gasteiger partial charge in [0.25, 0.3) is 0 Å². The van der Waals surface area contributed by atoms with Crippen molar-refractivity contribution in [3.8, 4) is 0 Å². The lowest BCUT2D eigenvalue weighted by molar-refractivity contribution is 0.0796. The molecular formula is C12H21Cl9Si3. The van der Waals surface area contributed by atoms with Crippen molar-refractivity contribution in [2.75, 3.05) is 0 Å². The van der Waals surface area contributed by atoms with Gasteiger partial charge < -0.3 is 0 Å². The first kappa shape index (κ1) is 25.3. The third-order valence-electron chi connectivity index (χ3n) is 4.93. The molecule has 1 aliphatic carbocycles. The van der Waals surface area contributed by atoms with E-state index in [0.29, 0.717) is 24.1 Å². The van der Waals surface area contributed by atoms with E-state index in [0.717, 1.165) is 38.5 Å². The molecule has 0 saturated heterocycles. The number of hydrogen-bond acceptors (Lipinski definition) is 0. The molecule has 0 aliphatic heterocycles. The normalized spacial score (nSPS) is 22.6. The second kappa shape index (κ2) is 10.3. The third-order valence-corrected chi connectivity index (χ3v) is 12.5. The van der Waals surface area contributed by atoms with Gasteiger partial charge in [0.1, 0.15) is 0 Å². The molecule has 0 aromatic rings. The molecule has 1 rings (SSSR count). The third kappa shape index (κ3) is 10.7. The van der Waals surface area contributed by atoms with Crippen LogP contribution in [0.3, 0.4) is 0 Å². The van der Waals surface area contributed by atoms with E-state index in [1.54, 1.807) is 0 Å². The quantitative estimate of drug-likeness (QED) is 0.192. The molecule has 1 aliphatic rings. The first-order valence-corrected chi connectivity index (χ1v) is 23.7. The smallest absolute Gasteiger partial charge is 0.126 e. The molecule has 0 bridgehead atoms. The van der Waals surface area contributed by atoms with E-state index in [-0.39, 0.29) is 5.41 Å². The Kier molecular flexibility index (Phi) is 10.9. The highest BCUT2D eigenvalue weighted by Gasteiger charge is 2.44. The van der Waals surface area contributed by atoms with Crippen molar-refractivity contribution < 1.29 is 0 Å². The highest BCUT2D eigenvalue weighted by molar-refractivity contribution is 7.65. The van der Waals surface area contributed by atoms with Gasteiger partial charge in [-0.25, -0.2) is 0 Å². The minimum Gasteiger partial charge on any atom is -0.126 e. The molecule has 144 valence electrons. The predicted molar refractivity (Wildman–Crippen MR) is 123 cm³/mol. The molecule has 0 aromatic carbocycles. The lowest BCUT2D eigenvalue weighted by Crippen LogP contribution is -2.37. The molecule has 24 heavy (non-hydrogen) atoms. The van der Waals surface area contributed by atoms with Gasteiger partial charge in [-0.1, -0.05) is 12.8 Å². The van der Waals surface area contributed by atoms with E-state index < -0.39 is 18.0 Å². The van der Waals surface area contributed by atoms with E-state index in [4.69, 9.17) is 99.7 Å². The average Bonchev–Trinajstić information content (AvgIpc) is 2.39. The molecule has 1 saturated carbocycles. The molecule has 0 radical (unpaired) electrons. The van der Waals surface area contributed by atoms with Gasteiger partial charge in [0.15, 0.2) is 0 Å². The average molecular weight is 569 g/mol. The summed E-state index contributed by atoms with van der Waals surface area (Å²) in [5.41, 5.74) is 0.0381. The topological polar surface area (TPSA) is 0 Å². The highest BCUT2D eigenvalue weighted by Crippen LogP contribution is 2.53. The molecule has 0 spiro atoms. The van der Waals surface area contributed by atoms with Crippen molar-refractivity contribution >= 4 is 118 Å². The molecule has 0 amide bonds. The maximum atomic E-state index is 6.15. The summed E-state index contributed by atoms with van der Waals surface area (Å²) in [5, 5.41) is 0. The minimum absolute atomic E-state index is 0.0381. The van der Waals surface area contributed by atoms with Crippen molar-refractivity contribution in [1.29, 1.82) is 0 Å². The van der Waals surface area contributed by atoms with Gasteiger partial charge in [-0.05, 0) is 61.6 Å². The van der Waals surface area contributed by atoms with Crippen molar-refractivity contribution in [2.24, 2.45) is 11.3 Å². The highest BCUT2D eigenvalue weighted by atomic mass is 35.9. The Bertz CT molecular complexity index is 371. The van der Waals surface area contributed by atoms with Crippen molar-refractivity contribution in [3.63, 3.8) is 0 Å². The number of halogens is 9. The fraction of sp³-hybridized carbons (Fsp3) is 1.00. The van der Waals surface area contributed by atoms with Crippen LogP contribution in [-0.4, -0.2) is 18.0 Å². The van der Waals surface area contributed by atoms with Crippen molar-refractivity contribution in [1.82, 2.24) is 0 Å². The van der Waals surface area contributed by atoms with Crippen LogP contribution in [-0.2, 0) is 0 Å². The summed E-state index contributed by atoms with van der Waals surface area (Å²) in [5.74, 6) is 0.442. The van der Waals surface area contributed by atoms with Crippen LogP contribution in [0.25, 0.3) is 0 Å². The van der Waals surface area contributed by atoms with Gasteiger partial charge in [0.2, 0.25) is 0 Å². The zero-order valence-corrected chi connectivity index (χ0v) is 22.9. The maximum Gasteiger partial charge on any atom is 0.341 e. The SMILES string of the molecule is Cl[Si](Cl)(Cl)CCC1CCCCC1(CC[Si](Cl)(Cl)Cl)CC[Si](Cl)(Cl)Cl. The summed E-state index contributed by atoms with van der Waals surface area (Å²) >= 11 is 55.2. The molecule has 12 heteroatoms. The van der Waals surface area contributed by atoms with Crippen LogP contribution in [0, 0.1) is 11.3 Å². The Morgan fingerprint density at radius 2 is 1.12 bits per heavy atom. The molecule has 1 fully saturated rings. The lowest BCUT2D eigenvalue weighted by Gasteiger charge is -2.46. The Morgan fingerprint density at radius 3 is 1.54 bits per heavy atom. The van der Waals surface area contributed by atoms with Gasteiger partial charge >= 0.3 is 18.0 Å². The van der Waals surface area contributed by atoms with E-state index in [2.05, 4.69) is 0 Å². The molecule has 0 N–H and O–H groups in total. The molecule has 0 nitrogen and oxygen atoms in total. The number of rotatable bonds is 9. The van der Waals surface area contributed by atoms with Gasteiger partial charge in [0.05, 0.1) is 0 Å². The van der Waals surface area contributed by atoms with Crippen LogP contribution in [0.1, 0.15) is 44.9 Å². The summed E-state index contributed by atoms with van der Waals surface area (Å²) in [6, 6.07) is -6.13. The predicted octanol–water partition coefficient (Wildman–Crippen LogP) is 9.30. The molecule has 0 heterocycles.